The Morgan fingerprint density at radius 3 is 2.68 bits per heavy atom. The zero-order valence-electron chi connectivity index (χ0n) is 18.6. The summed E-state index contributed by atoms with van der Waals surface area (Å²) in [5.74, 6) is 0.252. The van der Waals surface area contributed by atoms with Crippen molar-refractivity contribution in [2.45, 2.75) is 25.1 Å². The molecule has 0 spiro atoms. The van der Waals surface area contributed by atoms with Crippen LogP contribution < -0.4 is 10.1 Å². The Kier molecular flexibility index (Phi) is 7.87. The van der Waals surface area contributed by atoms with Gasteiger partial charge in [0, 0.05) is 23.2 Å². The fraction of sp³-hybridized carbons (Fsp3) is 0.192. The number of halogens is 1. The molecule has 1 saturated heterocycles. The lowest BCUT2D eigenvalue weighted by Crippen LogP contribution is -2.44. The van der Waals surface area contributed by atoms with Crippen LogP contribution in [-0.4, -0.2) is 33.7 Å². The van der Waals surface area contributed by atoms with E-state index in [4.69, 9.17) is 16.3 Å². The van der Waals surface area contributed by atoms with Crippen molar-refractivity contribution < 1.29 is 14.3 Å². The summed E-state index contributed by atoms with van der Waals surface area (Å²) in [6.07, 6.45) is 0.0725. The van der Waals surface area contributed by atoms with E-state index in [0.717, 1.165) is 5.56 Å². The molecule has 34 heavy (non-hydrogen) atoms. The van der Waals surface area contributed by atoms with E-state index in [0.29, 0.717) is 40.5 Å². The van der Waals surface area contributed by atoms with Gasteiger partial charge in [-0.1, -0.05) is 65.8 Å². The molecule has 0 aliphatic carbocycles. The normalized spacial score (nSPS) is 17.0. The molecule has 0 bridgehead atoms. The van der Waals surface area contributed by atoms with Crippen molar-refractivity contribution in [3.63, 3.8) is 0 Å². The fourth-order valence-electron chi connectivity index (χ4n) is 3.47. The molecule has 6 nitrogen and oxygen atoms in total. The van der Waals surface area contributed by atoms with Crippen molar-refractivity contribution in [1.29, 1.82) is 0 Å². The number of nitrogens with zero attached hydrogens (tertiary/aromatic N) is 2. The molecule has 0 saturated carbocycles. The fourth-order valence-corrected chi connectivity index (χ4v) is 4.75. The standard InChI is InChI=1S/C26H24ClN3O3S/c1-2-33-22-13-7-12-21(15-22)28-25(32)23-16-24(31)30(17-18-8-4-3-5-9-18)26(34-23)29-20-11-6-10-19(27)14-20/h3-15,23H,2,16-17H2,1H3,(H,28,32). The van der Waals surface area contributed by atoms with Gasteiger partial charge in [-0.15, -0.1) is 0 Å². The summed E-state index contributed by atoms with van der Waals surface area (Å²) in [6, 6.07) is 24.0. The third-order valence-electron chi connectivity index (χ3n) is 5.06. The van der Waals surface area contributed by atoms with E-state index in [1.807, 2.05) is 55.5 Å². The van der Waals surface area contributed by atoms with Crippen LogP contribution in [0.1, 0.15) is 18.9 Å². The number of aliphatic imine (C=N–C) groups is 1. The Balaban J connectivity index is 1.57. The Hall–Kier alpha value is -3.29. The first-order valence-electron chi connectivity index (χ1n) is 10.9. The number of amidine groups is 1. The molecule has 8 heteroatoms. The second-order valence-electron chi connectivity index (χ2n) is 7.60. The van der Waals surface area contributed by atoms with Crippen LogP contribution in [0.4, 0.5) is 11.4 Å². The highest BCUT2D eigenvalue weighted by molar-refractivity contribution is 8.15. The van der Waals surface area contributed by atoms with E-state index in [1.54, 1.807) is 35.2 Å². The van der Waals surface area contributed by atoms with Crippen LogP contribution in [0.25, 0.3) is 0 Å². The summed E-state index contributed by atoms with van der Waals surface area (Å²) < 4.78 is 5.51. The van der Waals surface area contributed by atoms with E-state index in [-0.39, 0.29) is 18.2 Å². The van der Waals surface area contributed by atoms with Crippen LogP contribution in [0.15, 0.2) is 83.9 Å². The zero-order chi connectivity index (χ0) is 23.9. The van der Waals surface area contributed by atoms with Crippen LogP contribution in [0.5, 0.6) is 5.75 Å². The summed E-state index contributed by atoms with van der Waals surface area (Å²) in [5.41, 5.74) is 2.21. The molecule has 1 N–H and O–H groups in total. The highest BCUT2D eigenvalue weighted by Crippen LogP contribution is 2.32. The molecule has 3 aromatic carbocycles. The smallest absolute Gasteiger partial charge is 0.238 e. The number of hydrogen-bond donors (Lipinski definition) is 1. The van der Waals surface area contributed by atoms with Crippen molar-refractivity contribution in [1.82, 2.24) is 4.90 Å². The number of rotatable bonds is 7. The molecular formula is C26H24ClN3O3S. The number of carbonyl (C=O) groups is 2. The number of anilines is 1. The van der Waals surface area contributed by atoms with Gasteiger partial charge in [-0.3, -0.25) is 14.5 Å². The van der Waals surface area contributed by atoms with Gasteiger partial charge < -0.3 is 10.1 Å². The molecule has 1 heterocycles. The predicted octanol–water partition coefficient (Wildman–Crippen LogP) is 5.90. The summed E-state index contributed by atoms with van der Waals surface area (Å²) in [5, 5.41) is 3.30. The Morgan fingerprint density at radius 2 is 1.91 bits per heavy atom. The lowest BCUT2D eigenvalue weighted by molar-refractivity contribution is -0.129. The molecule has 3 aromatic rings. The van der Waals surface area contributed by atoms with Crippen LogP contribution in [0.3, 0.4) is 0 Å². The van der Waals surface area contributed by atoms with Crippen LogP contribution >= 0.6 is 23.4 Å². The van der Waals surface area contributed by atoms with Crippen molar-refractivity contribution in [3.05, 3.63) is 89.4 Å². The lowest BCUT2D eigenvalue weighted by Gasteiger charge is -2.32. The van der Waals surface area contributed by atoms with Gasteiger partial charge in [-0.05, 0) is 42.8 Å². The summed E-state index contributed by atoms with van der Waals surface area (Å²) in [4.78, 5) is 32.6. The molecule has 0 aromatic heterocycles. The quantitative estimate of drug-likeness (QED) is 0.445. The predicted molar refractivity (Wildman–Crippen MR) is 138 cm³/mol. The van der Waals surface area contributed by atoms with Crippen molar-refractivity contribution in [2.75, 3.05) is 11.9 Å². The minimum atomic E-state index is -0.617. The topological polar surface area (TPSA) is 71.0 Å². The van der Waals surface area contributed by atoms with E-state index in [1.165, 1.54) is 11.8 Å². The zero-order valence-corrected chi connectivity index (χ0v) is 20.2. The average molecular weight is 494 g/mol. The van der Waals surface area contributed by atoms with E-state index >= 15 is 0 Å². The van der Waals surface area contributed by atoms with Gasteiger partial charge in [0.25, 0.3) is 0 Å². The number of ether oxygens (including phenoxy) is 1. The highest BCUT2D eigenvalue weighted by Gasteiger charge is 2.36. The largest absolute Gasteiger partial charge is 0.494 e. The molecule has 2 amide bonds. The van der Waals surface area contributed by atoms with Crippen LogP contribution in [0.2, 0.25) is 5.02 Å². The molecule has 174 valence electrons. The van der Waals surface area contributed by atoms with Gasteiger partial charge in [0.1, 0.15) is 11.0 Å². The summed E-state index contributed by atoms with van der Waals surface area (Å²) in [7, 11) is 0. The van der Waals surface area contributed by atoms with Crippen molar-refractivity contribution >= 4 is 51.7 Å². The molecule has 1 aliphatic rings. The van der Waals surface area contributed by atoms with Crippen molar-refractivity contribution in [3.8, 4) is 5.75 Å². The van der Waals surface area contributed by atoms with Crippen molar-refractivity contribution in [2.24, 2.45) is 4.99 Å². The Morgan fingerprint density at radius 1 is 1.12 bits per heavy atom. The molecule has 4 rings (SSSR count). The first kappa shape index (κ1) is 23.9. The first-order chi connectivity index (χ1) is 16.5. The van der Waals surface area contributed by atoms with E-state index in [2.05, 4.69) is 10.3 Å². The highest BCUT2D eigenvalue weighted by atomic mass is 35.5. The van der Waals surface area contributed by atoms with Gasteiger partial charge in [0.2, 0.25) is 11.8 Å². The number of amides is 2. The number of nitrogens with one attached hydrogen (secondary N) is 1. The first-order valence-corrected chi connectivity index (χ1v) is 12.2. The maximum atomic E-state index is 13.2. The molecule has 1 aliphatic heterocycles. The minimum Gasteiger partial charge on any atom is -0.494 e. The second kappa shape index (κ2) is 11.2. The minimum absolute atomic E-state index is 0.0725. The second-order valence-corrected chi connectivity index (χ2v) is 9.21. The Bertz CT molecular complexity index is 1200. The molecule has 0 radical (unpaired) electrons. The number of benzene rings is 3. The van der Waals surface area contributed by atoms with Gasteiger partial charge in [0.15, 0.2) is 5.17 Å². The third-order valence-corrected chi connectivity index (χ3v) is 6.48. The maximum Gasteiger partial charge on any atom is 0.238 e. The van der Waals surface area contributed by atoms with Gasteiger partial charge in [-0.2, -0.15) is 0 Å². The number of thioether (sulfide) groups is 1. The number of hydrogen-bond acceptors (Lipinski definition) is 5. The number of carbonyl (C=O) groups excluding carboxylic acids is 2. The van der Waals surface area contributed by atoms with Gasteiger partial charge in [0.05, 0.1) is 18.8 Å². The summed E-state index contributed by atoms with van der Waals surface area (Å²) >= 11 is 7.40. The molecular weight excluding hydrogens is 470 g/mol. The van der Waals surface area contributed by atoms with Gasteiger partial charge >= 0.3 is 0 Å². The lowest BCUT2D eigenvalue weighted by atomic mass is 10.2. The van der Waals surface area contributed by atoms with E-state index in [9.17, 15) is 9.59 Å². The SMILES string of the molecule is CCOc1cccc(NC(=O)C2CC(=O)N(Cc3ccccc3)C(=Nc3cccc(Cl)c3)S2)c1. The molecule has 1 fully saturated rings. The van der Waals surface area contributed by atoms with Crippen LogP contribution in [-0.2, 0) is 16.1 Å². The van der Waals surface area contributed by atoms with E-state index < -0.39 is 5.25 Å². The monoisotopic (exact) mass is 493 g/mol. The Labute approximate surface area is 208 Å². The maximum absolute atomic E-state index is 13.2. The molecule has 1 unspecified atom stereocenters. The summed E-state index contributed by atoms with van der Waals surface area (Å²) in [6.45, 7) is 2.80. The molecule has 1 atom stereocenters. The third kappa shape index (κ3) is 6.18. The van der Waals surface area contributed by atoms with Crippen LogP contribution in [0, 0.1) is 0 Å². The average Bonchev–Trinajstić information content (AvgIpc) is 2.82. The van der Waals surface area contributed by atoms with Gasteiger partial charge in [-0.25, -0.2) is 4.99 Å².